The molecule has 0 aromatic heterocycles. The van der Waals surface area contributed by atoms with Crippen molar-refractivity contribution in [2.75, 3.05) is 24.2 Å². The Hall–Kier alpha value is -1.53. The summed E-state index contributed by atoms with van der Waals surface area (Å²) in [6.07, 6.45) is 6.39. The average Bonchev–Trinajstić information content (AvgIpc) is 3.22. The highest BCUT2D eigenvalue weighted by atomic mass is 32.2. The maximum atomic E-state index is 12.6. The van der Waals surface area contributed by atoms with Crippen molar-refractivity contribution in [3.8, 4) is 0 Å². The first kappa shape index (κ1) is 17.3. The summed E-state index contributed by atoms with van der Waals surface area (Å²) in [5.74, 6) is -0.305. The Labute approximate surface area is 147 Å². The standard InChI is InChI=1S/C18H25N3O2S/c1-24-15-6-4-14(5-7-15)21-11-13(10-16(21)22)17(23)20-18(12-19)8-2-3-9-18/h4-7,13H,2-3,8-12,19H2,1H3,(H,20,23). The number of thioether (sulfide) groups is 1. The minimum atomic E-state index is -0.290. The van der Waals surface area contributed by atoms with Crippen molar-refractivity contribution in [1.82, 2.24) is 5.32 Å². The molecule has 1 atom stereocenters. The van der Waals surface area contributed by atoms with Gasteiger partial charge >= 0.3 is 0 Å². The van der Waals surface area contributed by atoms with Gasteiger partial charge in [0.25, 0.3) is 0 Å². The van der Waals surface area contributed by atoms with Crippen molar-refractivity contribution < 1.29 is 9.59 Å². The quantitative estimate of drug-likeness (QED) is 0.800. The molecule has 1 aromatic carbocycles. The van der Waals surface area contributed by atoms with Crippen LogP contribution in [-0.2, 0) is 9.59 Å². The number of carbonyl (C=O) groups excluding carboxylic acids is 2. The summed E-state index contributed by atoms with van der Waals surface area (Å²) in [5, 5.41) is 3.15. The van der Waals surface area contributed by atoms with Gasteiger partial charge in [-0.2, -0.15) is 0 Å². The lowest BCUT2D eigenvalue weighted by Gasteiger charge is -2.30. The number of benzene rings is 1. The zero-order chi connectivity index (χ0) is 17.2. The molecule has 2 amide bonds. The zero-order valence-electron chi connectivity index (χ0n) is 14.1. The van der Waals surface area contributed by atoms with Gasteiger partial charge in [0.05, 0.1) is 11.5 Å². The highest BCUT2D eigenvalue weighted by Crippen LogP contribution is 2.31. The molecule has 5 nitrogen and oxygen atoms in total. The van der Waals surface area contributed by atoms with Crippen LogP contribution in [0.25, 0.3) is 0 Å². The Balaban J connectivity index is 1.66. The summed E-state index contributed by atoms with van der Waals surface area (Å²) in [4.78, 5) is 27.9. The second-order valence-electron chi connectivity index (χ2n) is 6.78. The van der Waals surface area contributed by atoms with Crippen LogP contribution in [0.4, 0.5) is 5.69 Å². The fourth-order valence-corrected chi connectivity index (χ4v) is 4.10. The average molecular weight is 347 g/mol. The Morgan fingerprint density at radius 1 is 1.33 bits per heavy atom. The minimum Gasteiger partial charge on any atom is -0.349 e. The SMILES string of the molecule is CSc1ccc(N2CC(C(=O)NC3(CN)CCCC3)CC2=O)cc1. The third-order valence-electron chi connectivity index (χ3n) is 5.22. The van der Waals surface area contributed by atoms with Gasteiger partial charge in [-0.25, -0.2) is 0 Å². The molecule has 0 spiro atoms. The fourth-order valence-electron chi connectivity index (χ4n) is 3.69. The minimum absolute atomic E-state index is 0.0141. The number of carbonyl (C=O) groups is 2. The molecule has 1 saturated heterocycles. The van der Waals surface area contributed by atoms with Crippen LogP contribution in [0.5, 0.6) is 0 Å². The van der Waals surface area contributed by atoms with Crippen molar-refractivity contribution in [3.63, 3.8) is 0 Å². The molecule has 2 aliphatic rings. The molecule has 1 heterocycles. The molecular weight excluding hydrogens is 322 g/mol. The largest absolute Gasteiger partial charge is 0.349 e. The van der Waals surface area contributed by atoms with Crippen LogP contribution in [0.3, 0.4) is 0 Å². The van der Waals surface area contributed by atoms with Gasteiger partial charge in [0.15, 0.2) is 0 Å². The van der Waals surface area contributed by atoms with Gasteiger partial charge in [-0.15, -0.1) is 11.8 Å². The summed E-state index contributed by atoms with van der Waals surface area (Å²) in [6, 6.07) is 7.90. The number of hydrogen-bond donors (Lipinski definition) is 2. The molecule has 24 heavy (non-hydrogen) atoms. The number of nitrogens with one attached hydrogen (secondary N) is 1. The van der Waals surface area contributed by atoms with E-state index in [-0.39, 0.29) is 29.7 Å². The van der Waals surface area contributed by atoms with E-state index in [0.717, 1.165) is 36.3 Å². The van der Waals surface area contributed by atoms with Gasteiger partial charge in [0.1, 0.15) is 0 Å². The Morgan fingerprint density at radius 2 is 2.00 bits per heavy atom. The van der Waals surface area contributed by atoms with Crippen molar-refractivity contribution >= 4 is 29.3 Å². The van der Waals surface area contributed by atoms with Gasteiger partial charge in [0, 0.05) is 30.1 Å². The summed E-state index contributed by atoms with van der Waals surface area (Å²) in [7, 11) is 0. The molecule has 2 fully saturated rings. The van der Waals surface area contributed by atoms with Crippen molar-refractivity contribution in [2.45, 2.75) is 42.5 Å². The maximum Gasteiger partial charge on any atom is 0.227 e. The van der Waals surface area contributed by atoms with E-state index < -0.39 is 0 Å². The second-order valence-corrected chi connectivity index (χ2v) is 7.66. The maximum absolute atomic E-state index is 12.6. The number of nitrogens with zero attached hydrogens (tertiary/aromatic N) is 1. The lowest BCUT2D eigenvalue weighted by Crippen LogP contribution is -2.53. The van der Waals surface area contributed by atoms with Gasteiger partial charge in [-0.3, -0.25) is 9.59 Å². The van der Waals surface area contributed by atoms with Gasteiger partial charge in [-0.05, 0) is 43.4 Å². The Bertz CT molecular complexity index is 611. The van der Waals surface area contributed by atoms with Crippen LogP contribution < -0.4 is 16.0 Å². The molecule has 3 N–H and O–H groups in total. The normalized spacial score (nSPS) is 22.8. The number of nitrogens with two attached hydrogens (primary N) is 1. The molecule has 6 heteroatoms. The summed E-state index contributed by atoms with van der Waals surface area (Å²) in [6.45, 7) is 0.920. The predicted octanol–water partition coefficient (Wildman–Crippen LogP) is 2.15. The Morgan fingerprint density at radius 3 is 2.58 bits per heavy atom. The zero-order valence-corrected chi connectivity index (χ0v) is 14.9. The monoisotopic (exact) mass is 347 g/mol. The number of anilines is 1. The van der Waals surface area contributed by atoms with Crippen molar-refractivity contribution in [2.24, 2.45) is 11.7 Å². The molecule has 1 aromatic rings. The third-order valence-corrected chi connectivity index (χ3v) is 5.96. The summed E-state index contributed by atoms with van der Waals surface area (Å²) < 4.78 is 0. The first-order chi connectivity index (χ1) is 11.6. The molecule has 3 rings (SSSR count). The van der Waals surface area contributed by atoms with Gasteiger partial charge in [0.2, 0.25) is 11.8 Å². The molecule has 1 aliphatic heterocycles. The fraction of sp³-hybridized carbons (Fsp3) is 0.556. The van der Waals surface area contributed by atoms with E-state index >= 15 is 0 Å². The lowest BCUT2D eigenvalue weighted by molar-refractivity contribution is -0.127. The van der Waals surface area contributed by atoms with E-state index in [1.54, 1.807) is 16.7 Å². The molecular formula is C18H25N3O2S. The summed E-state index contributed by atoms with van der Waals surface area (Å²) in [5.41, 5.74) is 6.50. The molecule has 1 aliphatic carbocycles. The first-order valence-corrected chi connectivity index (χ1v) is 9.76. The third kappa shape index (κ3) is 3.44. The smallest absolute Gasteiger partial charge is 0.227 e. The lowest BCUT2D eigenvalue weighted by atomic mass is 9.96. The first-order valence-electron chi connectivity index (χ1n) is 8.53. The van der Waals surface area contributed by atoms with E-state index in [1.807, 2.05) is 30.5 Å². The topological polar surface area (TPSA) is 75.4 Å². The van der Waals surface area contributed by atoms with E-state index in [4.69, 9.17) is 5.73 Å². The molecule has 0 radical (unpaired) electrons. The highest BCUT2D eigenvalue weighted by Gasteiger charge is 2.40. The van der Waals surface area contributed by atoms with Gasteiger partial charge < -0.3 is 16.0 Å². The van der Waals surface area contributed by atoms with Crippen LogP contribution in [0.1, 0.15) is 32.1 Å². The van der Waals surface area contributed by atoms with Crippen LogP contribution in [0, 0.1) is 5.92 Å². The van der Waals surface area contributed by atoms with E-state index in [0.29, 0.717) is 13.1 Å². The summed E-state index contributed by atoms with van der Waals surface area (Å²) >= 11 is 1.67. The van der Waals surface area contributed by atoms with Crippen LogP contribution in [-0.4, -0.2) is 36.7 Å². The van der Waals surface area contributed by atoms with Crippen molar-refractivity contribution in [1.29, 1.82) is 0 Å². The van der Waals surface area contributed by atoms with Crippen LogP contribution in [0.2, 0.25) is 0 Å². The molecule has 0 bridgehead atoms. The predicted molar refractivity (Wildman–Crippen MR) is 97.1 cm³/mol. The molecule has 1 saturated carbocycles. The molecule has 1 unspecified atom stereocenters. The second kappa shape index (κ2) is 7.15. The van der Waals surface area contributed by atoms with E-state index in [9.17, 15) is 9.59 Å². The van der Waals surface area contributed by atoms with Gasteiger partial charge in [-0.1, -0.05) is 12.8 Å². The number of amides is 2. The number of hydrogen-bond acceptors (Lipinski definition) is 4. The van der Waals surface area contributed by atoms with E-state index in [2.05, 4.69) is 5.32 Å². The van der Waals surface area contributed by atoms with Crippen LogP contribution >= 0.6 is 11.8 Å². The number of rotatable bonds is 5. The highest BCUT2D eigenvalue weighted by molar-refractivity contribution is 7.98. The van der Waals surface area contributed by atoms with Crippen LogP contribution in [0.15, 0.2) is 29.2 Å². The van der Waals surface area contributed by atoms with E-state index in [1.165, 1.54) is 0 Å². The van der Waals surface area contributed by atoms with Crippen molar-refractivity contribution in [3.05, 3.63) is 24.3 Å². The Kier molecular flexibility index (Phi) is 5.15. The molecule has 130 valence electrons.